The molecule has 0 radical (unpaired) electrons. The molecule has 2 bridgehead atoms. The first kappa shape index (κ1) is 25.8. The molecular formula is C29H33F3N2O3. The van der Waals surface area contributed by atoms with Gasteiger partial charge in [-0.05, 0) is 80.9 Å². The van der Waals surface area contributed by atoms with E-state index < -0.39 is 18.1 Å². The molecule has 5 rings (SSSR count). The highest BCUT2D eigenvalue weighted by Crippen LogP contribution is 2.45. The maximum atomic E-state index is 13.0. The number of ether oxygens (including phenoxy) is 1. The van der Waals surface area contributed by atoms with Gasteiger partial charge in [-0.2, -0.15) is 18.4 Å². The van der Waals surface area contributed by atoms with Crippen molar-refractivity contribution in [1.29, 1.82) is 5.26 Å². The Labute approximate surface area is 215 Å². The second kappa shape index (κ2) is 10.2. The van der Waals surface area contributed by atoms with Crippen molar-refractivity contribution < 1.29 is 27.8 Å². The number of aliphatic carboxylic acids is 1. The van der Waals surface area contributed by atoms with Crippen LogP contribution >= 0.6 is 0 Å². The fraction of sp³-hybridized carbons (Fsp3) is 0.586. The molecule has 3 atom stereocenters. The highest BCUT2D eigenvalue weighted by atomic mass is 19.4. The third-order valence-corrected chi connectivity index (χ3v) is 8.82. The number of nitrogens with zero attached hydrogens (tertiary/aromatic N) is 2. The zero-order chi connectivity index (χ0) is 26.3. The average Bonchev–Trinajstić information content (AvgIpc) is 3.11. The van der Waals surface area contributed by atoms with Gasteiger partial charge in [0.2, 0.25) is 0 Å². The van der Waals surface area contributed by atoms with Gasteiger partial charge in [0.15, 0.2) is 0 Å². The summed E-state index contributed by atoms with van der Waals surface area (Å²) >= 11 is 0. The Morgan fingerprint density at radius 3 is 2.32 bits per heavy atom. The van der Waals surface area contributed by atoms with Crippen LogP contribution in [0.15, 0.2) is 30.3 Å². The summed E-state index contributed by atoms with van der Waals surface area (Å²) in [5.41, 5.74) is 1.51. The number of alkyl halides is 3. The monoisotopic (exact) mass is 514 g/mol. The molecule has 0 aromatic heterocycles. The van der Waals surface area contributed by atoms with Crippen molar-refractivity contribution in [3.8, 4) is 11.8 Å². The number of carboxylic acid groups (broad SMARTS) is 1. The molecule has 3 unspecified atom stereocenters. The molecule has 37 heavy (non-hydrogen) atoms. The van der Waals surface area contributed by atoms with E-state index in [0.29, 0.717) is 37.0 Å². The van der Waals surface area contributed by atoms with Crippen LogP contribution in [0.4, 0.5) is 13.2 Å². The summed E-state index contributed by atoms with van der Waals surface area (Å²) in [4.78, 5) is 14.1. The van der Waals surface area contributed by atoms with Crippen molar-refractivity contribution in [2.45, 2.75) is 95.1 Å². The van der Waals surface area contributed by atoms with Gasteiger partial charge in [-0.3, -0.25) is 9.69 Å². The Bertz CT molecular complexity index is 1190. The van der Waals surface area contributed by atoms with Crippen molar-refractivity contribution in [2.75, 3.05) is 0 Å². The number of fused-ring (bicyclic) bond motifs is 3. The van der Waals surface area contributed by atoms with Gasteiger partial charge in [0.05, 0.1) is 17.9 Å². The molecule has 3 fully saturated rings. The molecule has 2 heterocycles. The van der Waals surface area contributed by atoms with Crippen LogP contribution in [0.2, 0.25) is 0 Å². The Morgan fingerprint density at radius 1 is 1.11 bits per heavy atom. The second-order valence-corrected chi connectivity index (χ2v) is 10.9. The summed E-state index contributed by atoms with van der Waals surface area (Å²) in [7, 11) is 0. The van der Waals surface area contributed by atoms with Crippen LogP contribution in [0, 0.1) is 23.2 Å². The smallest absolute Gasteiger partial charge is 0.391 e. The summed E-state index contributed by atoms with van der Waals surface area (Å²) < 4.78 is 45.3. The minimum atomic E-state index is -4.17. The van der Waals surface area contributed by atoms with E-state index in [1.54, 1.807) is 6.07 Å². The fourth-order valence-electron chi connectivity index (χ4n) is 6.97. The predicted molar refractivity (Wildman–Crippen MR) is 133 cm³/mol. The molecule has 1 N–H and O–H groups in total. The van der Waals surface area contributed by atoms with Crippen LogP contribution in [0.25, 0.3) is 10.8 Å². The van der Waals surface area contributed by atoms with E-state index in [-0.39, 0.29) is 43.0 Å². The number of piperidine rings is 1. The van der Waals surface area contributed by atoms with E-state index in [9.17, 15) is 28.3 Å². The summed E-state index contributed by atoms with van der Waals surface area (Å²) in [6.45, 7) is 2.14. The third kappa shape index (κ3) is 5.03. The maximum Gasteiger partial charge on any atom is 0.391 e. The largest absolute Gasteiger partial charge is 0.489 e. The molecule has 2 aliphatic heterocycles. The molecular weight excluding hydrogens is 481 g/mol. The lowest BCUT2D eigenvalue weighted by atomic mass is 9.87. The Hall–Kier alpha value is -2.79. The quantitative estimate of drug-likeness (QED) is 0.450. The zero-order valence-electron chi connectivity index (χ0n) is 21.0. The first-order valence-electron chi connectivity index (χ1n) is 13.4. The van der Waals surface area contributed by atoms with Crippen molar-refractivity contribution in [1.82, 2.24) is 4.90 Å². The van der Waals surface area contributed by atoms with Gasteiger partial charge >= 0.3 is 12.1 Å². The fourth-order valence-corrected chi connectivity index (χ4v) is 6.97. The first-order valence-corrected chi connectivity index (χ1v) is 13.4. The molecule has 1 saturated carbocycles. The molecule has 3 aliphatic rings. The van der Waals surface area contributed by atoms with Gasteiger partial charge in [-0.15, -0.1) is 0 Å². The summed E-state index contributed by atoms with van der Waals surface area (Å²) in [6, 6.07) is 12.7. The average molecular weight is 515 g/mol. The van der Waals surface area contributed by atoms with Crippen LogP contribution in [0.3, 0.4) is 0 Å². The van der Waals surface area contributed by atoms with Crippen LogP contribution in [0.5, 0.6) is 5.75 Å². The lowest BCUT2D eigenvalue weighted by Gasteiger charge is -2.42. The van der Waals surface area contributed by atoms with Crippen LogP contribution < -0.4 is 4.74 Å². The van der Waals surface area contributed by atoms with Crippen LogP contribution in [0.1, 0.15) is 81.9 Å². The molecule has 8 heteroatoms. The molecule has 2 aromatic carbocycles. The number of hydrogen-bond acceptors (Lipinski definition) is 4. The van der Waals surface area contributed by atoms with Gasteiger partial charge in [0.1, 0.15) is 17.4 Å². The minimum Gasteiger partial charge on any atom is -0.489 e. The molecule has 0 spiro atoms. The molecule has 1 aliphatic carbocycles. The maximum absolute atomic E-state index is 13.0. The van der Waals surface area contributed by atoms with E-state index >= 15 is 0 Å². The topological polar surface area (TPSA) is 73.6 Å². The van der Waals surface area contributed by atoms with Gasteiger partial charge in [-0.25, -0.2) is 0 Å². The molecule has 2 saturated heterocycles. The standard InChI is InChI=1S/C29H33F3N2O3/c1-2-26(34-21-8-9-22(34)14-19(13-21)28(35)36)18-4-3-17-5-12-27(25(16-33)24(17)15-18)37-23-10-6-20(7-11-23)29(30,31)32/h3-5,12,15,19-23,26H,2,6-11,13-14H2,1H3,(H,35,36). The van der Waals surface area contributed by atoms with Gasteiger partial charge in [0.25, 0.3) is 0 Å². The lowest BCUT2D eigenvalue weighted by Crippen LogP contribution is -2.46. The highest BCUT2D eigenvalue weighted by molar-refractivity contribution is 5.90. The normalized spacial score (nSPS) is 29.1. The van der Waals surface area contributed by atoms with E-state index in [2.05, 4.69) is 30.0 Å². The number of carbonyl (C=O) groups is 1. The van der Waals surface area contributed by atoms with Gasteiger partial charge in [0, 0.05) is 23.5 Å². The second-order valence-electron chi connectivity index (χ2n) is 10.9. The predicted octanol–water partition coefficient (Wildman–Crippen LogP) is 6.99. The third-order valence-electron chi connectivity index (χ3n) is 8.82. The van der Waals surface area contributed by atoms with E-state index in [4.69, 9.17) is 4.74 Å². The Morgan fingerprint density at radius 2 is 1.76 bits per heavy atom. The van der Waals surface area contributed by atoms with E-state index in [1.165, 1.54) is 0 Å². The number of halogens is 3. The van der Waals surface area contributed by atoms with Crippen LogP contribution in [-0.4, -0.2) is 40.3 Å². The molecule has 5 nitrogen and oxygen atoms in total. The van der Waals surface area contributed by atoms with E-state index in [0.717, 1.165) is 35.6 Å². The number of benzene rings is 2. The van der Waals surface area contributed by atoms with Crippen molar-refractivity contribution in [3.05, 3.63) is 41.5 Å². The van der Waals surface area contributed by atoms with Crippen molar-refractivity contribution in [2.24, 2.45) is 11.8 Å². The van der Waals surface area contributed by atoms with Crippen molar-refractivity contribution in [3.63, 3.8) is 0 Å². The van der Waals surface area contributed by atoms with Gasteiger partial charge in [-0.1, -0.05) is 25.1 Å². The van der Waals surface area contributed by atoms with Crippen molar-refractivity contribution >= 4 is 16.7 Å². The lowest BCUT2D eigenvalue weighted by molar-refractivity contribution is -0.185. The number of rotatable bonds is 6. The molecule has 2 aromatic rings. The summed E-state index contributed by atoms with van der Waals surface area (Å²) in [6.07, 6.45) is 0.479. The zero-order valence-corrected chi connectivity index (χ0v) is 21.0. The number of nitriles is 1. The summed E-state index contributed by atoms with van der Waals surface area (Å²) in [5, 5.41) is 21.3. The highest BCUT2D eigenvalue weighted by Gasteiger charge is 2.46. The molecule has 198 valence electrons. The first-order chi connectivity index (χ1) is 17.7. The number of hydrogen-bond donors (Lipinski definition) is 1. The Balaban J connectivity index is 1.39. The molecule has 0 amide bonds. The van der Waals surface area contributed by atoms with E-state index in [1.807, 2.05) is 12.1 Å². The summed E-state index contributed by atoms with van der Waals surface area (Å²) in [5.74, 6) is -1.82. The van der Waals surface area contributed by atoms with Gasteiger partial charge < -0.3 is 9.84 Å². The minimum absolute atomic E-state index is 0.0485. The van der Waals surface area contributed by atoms with Crippen LogP contribution in [-0.2, 0) is 4.79 Å². The number of carboxylic acids is 1. The Kier molecular flexibility index (Phi) is 7.10. The SMILES string of the molecule is CCC(c1ccc2ccc(OC3CCC(C(F)(F)F)CC3)c(C#N)c2c1)N1C2CCC1CC(C(=O)O)C2.